The third kappa shape index (κ3) is 3.67. The Morgan fingerprint density at radius 3 is 2.65 bits per heavy atom. The maximum atomic E-state index is 12.2. The van der Waals surface area contributed by atoms with Crippen LogP contribution >= 0.6 is 0 Å². The van der Waals surface area contributed by atoms with Gasteiger partial charge in [-0.15, -0.1) is 0 Å². The fourth-order valence-electron chi connectivity index (χ4n) is 2.13. The summed E-state index contributed by atoms with van der Waals surface area (Å²) in [5.41, 5.74) is 10.7. The lowest BCUT2D eigenvalue weighted by Crippen LogP contribution is -2.59. The van der Waals surface area contributed by atoms with E-state index in [9.17, 15) is 14.4 Å². The van der Waals surface area contributed by atoms with Crippen LogP contribution in [-0.2, 0) is 19.1 Å². The van der Waals surface area contributed by atoms with Crippen molar-refractivity contribution in [1.29, 1.82) is 0 Å². The molecule has 2 unspecified atom stereocenters. The first kappa shape index (κ1) is 14.7. The van der Waals surface area contributed by atoms with Gasteiger partial charge in [0.25, 0.3) is 0 Å². The van der Waals surface area contributed by atoms with Crippen molar-refractivity contribution >= 4 is 17.7 Å². The average molecular weight is 284 g/mol. The van der Waals surface area contributed by atoms with Crippen molar-refractivity contribution in [3.8, 4) is 0 Å². The smallest absolute Gasteiger partial charge is 0.245 e. The number of hydrogen-bond acceptors (Lipinski definition) is 5. The molecular weight excluding hydrogens is 264 g/mol. The standard InChI is InChI=1S/C12H20N4O4/c13-8(5-10(14)17)12(19)16-3-4-20-6-9(16)11(18)15-7-1-2-7/h7-9H,1-6,13H2,(H2,14,17)(H,15,18). The SMILES string of the molecule is NC(=O)CC(N)C(=O)N1CCOCC1C(=O)NC1CC1. The number of morpholine rings is 1. The van der Waals surface area contributed by atoms with E-state index in [1.54, 1.807) is 0 Å². The van der Waals surface area contributed by atoms with Crippen LogP contribution < -0.4 is 16.8 Å². The van der Waals surface area contributed by atoms with Crippen LogP contribution in [0, 0.1) is 0 Å². The quantitative estimate of drug-likeness (QED) is 0.523. The monoisotopic (exact) mass is 284 g/mol. The Balaban J connectivity index is 1.99. The summed E-state index contributed by atoms with van der Waals surface area (Å²) in [6, 6.07) is -1.49. The minimum Gasteiger partial charge on any atom is -0.377 e. The maximum Gasteiger partial charge on any atom is 0.245 e. The lowest BCUT2D eigenvalue weighted by Gasteiger charge is -2.35. The molecule has 1 saturated heterocycles. The van der Waals surface area contributed by atoms with E-state index in [0.717, 1.165) is 12.8 Å². The molecule has 1 aliphatic heterocycles. The van der Waals surface area contributed by atoms with Gasteiger partial charge in [-0.3, -0.25) is 14.4 Å². The molecule has 8 nitrogen and oxygen atoms in total. The van der Waals surface area contributed by atoms with E-state index in [-0.39, 0.29) is 31.5 Å². The van der Waals surface area contributed by atoms with Crippen LogP contribution in [0.3, 0.4) is 0 Å². The van der Waals surface area contributed by atoms with E-state index in [2.05, 4.69) is 5.32 Å². The molecule has 2 atom stereocenters. The molecule has 8 heteroatoms. The van der Waals surface area contributed by atoms with Crippen molar-refractivity contribution in [1.82, 2.24) is 10.2 Å². The van der Waals surface area contributed by atoms with Crippen molar-refractivity contribution in [3.05, 3.63) is 0 Å². The van der Waals surface area contributed by atoms with Crippen molar-refractivity contribution in [3.63, 3.8) is 0 Å². The number of carbonyl (C=O) groups excluding carboxylic acids is 3. The Morgan fingerprint density at radius 1 is 1.35 bits per heavy atom. The number of nitrogens with zero attached hydrogens (tertiary/aromatic N) is 1. The normalized spacial score (nSPS) is 24.1. The molecule has 1 aliphatic carbocycles. The molecule has 0 aromatic rings. The number of carbonyl (C=O) groups is 3. The minimum absolute atomic E-state index is 0.146. The van der Waals surface area contributed by atoms with Gasteiger partial charge in [-0.25, -0.2) is 0 Å². The second-order valence-electron chi connectivity index (χ2n) is 5.18. The Morgan fingerprint density at radius 2 is 2.05 bits per heavy atom. The van der Waals surface area contributed by atoms with Crippen molar-refractivity contribution in [2.75, 3.05) is 19.8 Å². The molecule has 0 aromatic carbocycles. The van der Waals surface area contributed by atoms with E-state index in [1.807, 2.05) is 0 Å². The lowest BCUT2D eigenvalue weighted by molar-refractivity contribution is -0.150. The summed E-state index contributed by atoms with van der Waals surface area (Å²) >= 11 is 0. The zero-order valence-electron chi connectivity index (χ0n) is 11.2. The first-order valence-electron chi connectivity index (χ1n) is 6.71. The van der Waals surface area contributed by atoms with Gasteiger partial charge in [0.05, 0.1) is 25.7 Å². The number of amides is 3. The van der Waals surface area contributed by atoms with Gasteiger partial charge in [-0.05, 0) is 12.8 Å². The molecule has 3 amide bonds. The van der Waals surface area contributed by atoms with Gasteiger partial charge in [0, 0.05) is 12.6 Å². The summed E-state index contributed by atoms with van der Waals surface area (Å²) in [6.45, 7) is 0.782. The van der Waals surface area contributed by atoms with E-state index in [1.165, 1.54) is 4.90 Å². The number of hydrogen-bond donors (Lipinski definition) is 3. The second-order valence-corrected chi connectivity index (χ2v) is 5.18. The Bertz CT molecular complexity index is 410. The van der Waals surface area contributed by atoms with Crippen molar-refractivity contribution in [2.24, 2.45) is 11.5 Å². The van der Waals surface area contributed by atoms with Crippen LogP contribution in [0.1, 0.15) is 19.3 Å². The predicted molar refractivity (Wildman–Crippen MR) is 69.3 cm³/mol. The molecule has 5 N–H and O–H groups in total. The number of nitrogens with two attached hydrogens (primary N) is 2. The molecule has 1 saturated carbocycles. The van der Waals surface area contributed by atoms with Gasteiger partial charge in [-0.2, -0.15) is 0 Å². The number of primary amides is 1. The molecular formula is C12H20N4O4. The average Bonchev–Trinajstić information content (AvgIpc) is 3.21. The van der Waals surface area contributed by atoms with Crippen LogP contribution in [0.15, 0.2) is 0 Å². The van der Waals surface area contributed by atoms with Crippen LogP contribution in [0.2, 0.25) is 0 Å². The van der Waals surface area contributed by atoms with Gasteiger partial charge >= 0.3 is 0 Å². The lowest BCUT2D eigenvalue weighted by atomic mass is 10.1. The highest BCUT2D eigenvalue weighted by molar-refractivity contribution is 5.92. The van der Waals surface area contributed by atoms with E-state index in [0.29, 0.717) is 6.61 Å². The van der Waals surface area contributed by atoms with Gasteiger partial charge in [0.15, 0.2) is 0 Å². The third-order valence-corrected chi connectivity index (χ3v) is 3.38. The highest BCUT2D eigenvalue weighted by atomic mass is 16.5. The molecule has 2 fully saturated rings. The van der Waals surface area contributed by atoms with Crippen LogP contribution in [0.5, 0.6) is 0 Å². The molecule has 0 aromatic heterocycles. The summed E-state index contributed by atoms with van der Waals surface area (Å²) in [5.74, 6) is -1.31. The highest BCUT2D eigenvalue weighted by Crippen LogP contribution is 2.20. The summed E-state index contributed by atoms with van der Waals surface area (Å²) in [4.78, 5) is 36.5. The topological polar surface area (TPSA) is 128 Å². The van der Waals surface area contributed by atoms with Gasteiger partial charge < -0.3 is 26.4 Å². The first-order chi connectivity index (χ1) is 9.49. The Labute approximate surface area is 116 Å². The first-order valence-corrected chi connectivity index (χ1v) is 6.71. The zero-order chi connectivity index (χ0) is 14.7. The molecule has 0 radical (unpaired) electrons. The number of ether oxygens (including phenoxy) is 1. The van der Waals surface area contributed by atoms with Crippen molar-refractivity contribution < 1.29 is 19.1 Å². The molecule has 0 spiro atoms. The zero-order valence-corrected chi connectivity index (χ0v) is 11.2. The van der Waals surface area contributed by atoms with Crippen molar-refractivity contribution in [2.45, 2.75) is 37.4 Å². The maximum absolute atomic E-state index is 12.2. The molecule has 112 valence electrons. The van der Waals surface area contributed by atoms with Crippen LogP contribution in [0.4, 0.5) is 0 Å². The molecule has 1 heterocycles. The summed E-state index contributed by atoms with van der Waals surface area (Å²) in [6.07, 6.45) is 1.70. The second kappa shape index (κ2) is 6.19. The fourth-order valence-corrected chi connectivity index (χ4v) is 2.13. The van der Waals surface area contributed by atoms with Gasteiger partial charge in [0.2, 0.25) is 17.7 Å². The molecule has 0 bridgehead atoms. The summed E-state index contributed by atoms with van der Waals surface area (Å²) < 4.78 is 5.26. The Kier molecular flexibility index (Phi) is 4.56. The number of rotatable bonds is 5. The predicted octanol–water partition coefficient (Wildman–Crippen LogP) is -2.30. The number of nitrogens with one attached hydrogen (secondary N) is 1. The van der Waals surface area contributed by atoms with Gasteiger partial charge in [-0.1, -0.05) is 0 Å². The highest BCUT2D eigenvalue weighted by Gasteiger charge is 2.37. The third-order valence-electron chi connectivity index (χ3n) is 3.38. The summed E-state index contributed by atoms with van der Waals surface area (Å²) in [5, 5.41) is 2.84. The van der Waals surface area contributed by atoms with Crippen LogP contribution in [0.25, 0.3) is 0 Å². The molecule has 2 rings (SSSR count). The fraction of sp³-hybridized carbons (Fsp3) is 0.750. The van der Waals surface area contributed by atoms with E-state index >= 15 is 0 Å². The molecule has 20 heavy (non-hydrogen) atoms. The van der Waals surface area contributed by atoms with E-state index in [4.69, 9.17) is 16.2 Å². The van der Waals surface area contributed by atoms with E-state index < -0.39 is 23.9 Å². The Hall–Kier alpha value is -1.67. The van der Waals surface area contributed by atoms with Gasteiger partial charge in [0.1, 0.15) is 6.04 Å². The largest absolute Gasteiger partial charge is 0.377 e. The van der Waals surface area contributed by atoms with Crippen LogP contribution in [-0.4, -0.2) is 60.5 Å². The molecule has 2 aliphatic rings. The summed E-state index contributed by atoms with van der Waals surface area (Å²) in [7, 11) is 0. The minimum atomic E-state index is -1.01.